The highest BCUT2D eigenvalue weighted by molar-refractivity contribution is 5.89. The third-order valence-corrected chi connectivity index (χ3v) is 3.64. The summed E-state index contributed by atoms with van der Waals surface area (Å²) >= 11 is 0. The molecule has 0 unspecified atom stereocenters. The van der Waals surface area contributed by atoms with Crippen LogP contribution in [0.15, 0.2) is 48.5 Å². The smallest absolute Gasteiger partial charge is 0.384 e. The lowest BCUT2D eigenvalue weighted by Crippen LogP contribution is -2.28. The maximum Gasteiger partial charge on any atom is 0.384 e. The minimum Gasteiger partial charge on any atom is -0.448 e. The van der Waals surface area contributed by atoms with Gasteiger partial charge in [0, 0.05) is 18.2 Å². The first-order valence-corrected chi connectivity index (χ1v) is 8.08. The van der Waals surface area contributed by atoms with Gasteiger partial charge in [0.05, 0.1) is 0 Å². The zero-order valence-corrected chi connectivity index (χ0v) is 14.3. The van der Waals surface area contributed by atoms with Gasteiger partial charge in [0.1, 0.15) is 11.9 Å². The van der Waals surface area contributed by atoms with Crippen LogP contribution in [0, 0.1) is 18.2 Å². The Kier molecular flexibility index (Phi) is 6.75. The number of urea groups is 1. The Bertz CT molecular complexity index is 795. The highest BCUT2D eigenvalue weighted by Gasteiger charge is 2.13. The maximum atomic E-state index is 12.8. The van der Waals surface area contributed by atoms with E-state index in [1.165, 1.54) is 12.1 Å². The molecular formula is C20H19FN2O3. The molecule has 2 amide bonds. The molecule has 26 heavy (non-hydrogen) atoms. The fourth-order valence-corrected chi connectivity index (χ4v) is 2.29. The van der Waals surface area contributed by atoms with E-state index in [0.29, 0.717) is 12.1 Å². The Morgan fingerprint density at radius 3 is 2.38 bits per heavy atom. The van der Waals surface area contributed by atoms with Crippen LogP contribution in [0.1, 0.15) is 30.6 Å². The fourth-order valence-electron chi connectivity index (χ4n) is 2.29. The average molecular weight is 354 g/mol. The van der Waals surface area contributed by atoms with Crippen LogP contribution in [0.2, 0.25) is 0 Å². The Hall–Kier alpha value is -3.33. The number of ether oxygens (including phenoxy) is 1. The Morgan fingerprint density at radius 2 is 1.81 bits per heavy atom. The molecule has 1 atom stereocenters. The number of rotatable bonds is 6. The lowest BCUT2D eigenvalue weighted by atomic mass is 10.1. The van der Waals surface area contributed by atoms with Gasteiger partial charge in [-0.3, -0.25) is 0 Å². The summed E-state index contributed by atoms with van der Waals surface area (Å²) in [5.41, 5.74) is 2.16. The van der Waals surface area contributed by atoms with Crippen LogP contribution in [0.3, 0.4) is 0 Å². The zero-order valence-electron chi connectivity index (χ0n) is 14.3. The molecule has 0 bridgehead atoms. The second-order valence-corrected chi connectivity index (χ2v) is 5.50. The van der Waals surface area contributed by atoms with Crippen molar-refractivity contribution in [2.45, 2.75) is 26.0 Å². The maximum absolute atomic E-state index is 12.8. The van der Waals surface area contributed by atoms with Crippen molar-refractivity contribution in [2.75, 3.05) is 5.32 Å². The number of benzene rings is 2. The summed E-state index contributed by atoms with van der Waals surface area (Å²) in [6.45, 7) is 2.16. The van der Waals surface area contributed by atoms with Crippen molar-refractivity contribution in [2.24, 2.45) is 0 Å². The van der Waals surface area contributed by atoms with Crippen molar-refractivity contribution in [3.63, 3.8) is 0 Å². The van der Waals surface area contributed by atoms with Gasteiger partial charge in [-0.1, -0.05) is 31.2 Å². The molecule has 5 nitrogen and oxygen atoms in total. The number of hydrogen-bond donors (Lipinski definition) is 2. The third kappa shape index (κ3) is 5.64. The van der Waals surface area contributed by atoms with Crippen molar-refractivity contribution in [3.8, 4) is 12.3 Å². The molecule has 0 aromatic heterocycles. The number of terminal acetylenes is 1. The van der Waals surface area contributed by atoms with Gasteiger partial charge < -0.3 is 15.4 Å². The van der Waals surface area contributed by atoms with E-state index in [0.717, 1.165) is 11.1 Å². The lowest BCUT2D eigenvalue weighted by molar-refractivity contribution is -0.142. The van der Waals surface area contributed by atoms with E-state index >= 15 is 0 Å². The highest BCUT2D eigenvalue weighted by atomic mass is 19.1. The van der Waals surface area contributed by atoms with E-state index in [4.69, 9.17) is 11.2 Å². The second kappa shape index (κ2) is 9.23. The number of nitrogens with one attached hydrogen (secondary N) is 2. The number of carbonyl (C=O) groups excluding carboxylic acids is 2. The summed E-state index contributed by atoms with van der Waals surface area (Å²) in [5.74, 6) is 0.889. The van der Waals surface area contributed by atoms with Crippen molar-refractivity contribution < 1.29 is 18.7 Å². The van der Waals surface area contributed by atoms with E-state index in [1.807, 2.05) is 12.8 Å². The van der Waals surface area contributed by atoms with Gasteiger partial charge in [-0.25, -0.2) is 14.0 Å². The Labute approximate surface area is 151 Å². The monoisotopic (exact) mass is 354 g/mol. The highest BCUT2D eigenvalue weighted by Crippen LogP contribution is 2.22. The minimum atomic E-state index is -0.709. The number of esters is 1. The van der Waals surface area contributed by atoms with Gasteiger partial charge in [0.2, 0.25) is 0 Å². The van der Waals surface area contributed by atoms with Gasteiger partial charge in [-0.2, -0.15) is 0 Å². The summed E-state index contributed by atoms with van der Waals surface area (Å²) in [5, 5.41) is 5.38. The molecule has 2 rings (SSSR count). The molecule has 0 aliphatic carbocycles. The molecule has 0 fully saturated rings. The second-order valence-electron chi connectivity index (χ2n) is 5.50. The SMILES string of the molecule is C#CC(=O)O[C@@H](CC)c1ccc(NC(=O)NCc2ccc(F)cc2)cc1. The molecule has 0 aliphatic rings. The van der Waals surface area contributed by atoms with Crippen molar-refractivity contribution in [3.05, 3.63) is 65.5 Å². The Morgan fingerprint density at radius 1 is 1.15 bits per heavy atom. The normalized spacial score (nSPS) is 11.1. The predicted octanol–water partition coefficient (Wildman–Crippen LogP) is 3.77. The Balaban J connectivity index is 1.89. The first kappa shape index (κ1) is 19.0. The number of halogens is 1. The topological polar surface area (TPSA) is 67.4 Å². The summed E-state index contributed by atoms with van der Waals surface area (Å²) in [4.78, 5) is 23.2. The van der Waals surface area contributed by atoms with E-state index < -0.39 is 12.1 Å². The molecule has 0 saturated heterocycles. The van der Waals surface area contributed by atoms with E-state index in [9.17, 15) is 14.0 Å². The van der Waals surface area contributed by atoms with Gasteiger partial charge in [-0.05, 0) is 41.8 Å². The first-order valence-electron chi connectivity index (χ1n) is 8.08. The zero-order chi connectivity index (χ0) is 18.9. The van der Waals surface area contributed by atoms with Crippen LogP contribution in [0.5, 0.6) is 0 Å². The van der Waals surface area contributed by atoms with E-state index in [1.54, 1.807) is 36.4 Å². The van der Waals surface area contributed by atoms with Crippen LogP contribution in [0.25, 0.3) is 0 Å². The van der Waals surface area contributed by atoms with Gasteiger partial charge >= 0.3 is 12.0 Å². The fraction of sp³-hybridized carbons (Fsp3) is 0.200. The molecule has 6 heteroatoms. The summed E-state index contributed by atoms with van der Waals surface area (Å²) < 4.78 is 18.0. The molecular weight excluding hydrogens is 335 g/mol. The van der Waals surface area contributed by atoms with E-state index in [2.05, 4.69) is 10.6 Å². The number of carbonyl (C=O) groups is 2. The average Bonchev–Trinajstić information content (AvgIpc) is 2.66. The van der Waals surface area contributed by atoms with E-state index in [-0.39, 0.29) is 18.4 Å². The van der Waals surface area contributed by atoms with Crippen LogP contribution in [-0.4, -0.2) is 12.0 Å². The van der Waals surface area contributed by atoms with Gasteiger partial charge in [-0.15, -0.1) is 6.42 Å². The molecule has 0 aliphatic heterocycles. The van der Waals surface area contributed by atoms with Crippen LogP contribution >= 0.6 is 0 Å². The molecule has 2 N–H and O–H groups in total. The molecule has 134 valence electrons. The van der Waals surface area contributed by atoms with Crippen molar-refractivity contribution in [1.29, 1.82) is 0 Å². The molecule has 0 saturated carbocycles. The number of hydrogen-bond acceptors (Lipinski definition) is 3. The van der Waals surface area contributed by atoms with Crippen LogP contribution in [-0.2, 0) is 16.1 Å². The first-order chi connectivity index (χ1) is 12.5. The standard InChI is InChI=1S/C20H19FN2O3/c1-3-18(26-19(24)4-2)15-7-11-17(12-8-15)23-20(25)22-13-14-5-9-16(21)10-6-14/h2,5-12,18H,3,13H2,1H3,(H2,22,23,25)/t18-/m0/s1. The third-order valence-electron chi connectivity index (χ3n) is 3.64. The summed E-state index contributed by atoms with van der Waals surface area (Å²) in [7, 11) is 0. The van der Waals surface area contributed by atoms with Crippen LogP contribution < -0.4 is 10.6 Å². The van der Waals surface area contributed by atoms with Gasteiger partial charge in [0.15, 0.2) is 0 Å². The van der Waals surface area contributed by atoms with Crippen molar-refractivity contribution >= 4 is 17.7 Å². The van der Waals surface area contributed by atoms with Gasteiger partial charge in [0.25, 0.3) is 0 Å². The quantitative estimate of drug-likeness (QED) is 0.471. The molecule has 0 radical (unpaired) electrons. The molecule has 0 heterocycles. The van der Waals surface area contributed by atoms with Crippen LogP contribution in [0.4, 0.5) is 14.9 Å². The molecule has 2 aromatic carbocycles. The van der Waals surface area contributed by atoms with Crippen molar-refractivity contribution in [1.82, 2.24) is 5.32 Å². The molecule has 2 aromatic rings. The predicted molar refractivity (Wildman–Crippen MR) is 96.7 cm³/mol. The molecule has 0 spiro atoms. The minimum absolute atomic E-state index is 0.282. The largest absolute Gasteiger partial charge is 0.448 e. The number of amides is 2. The summed E-state index contributed by atoms with van der Waals surface area (Å²) in [6, 6.07) is 12.4. The number of anilines is 1. The lowest BCUT2D eigenvalue weighted by Gasteiger charge is -2.15. The summed E-state index contributed by atoms with van der Waals surface area (Å²) in [6.07, 6.45) is 5.16.